The van der Waals surface area contributed by atoms with Crippen molar-refractivity contribution in [3.63, 3.8) is 0 Å². The minimum atomic E-state index is 0.169. The van der Waals surface area contributed by atoms with Crippen LogP contribution in [0, 0.1) is 13.8 Å². The number of hydrogen-bond acceptors (Lipinski definition) is 6. The van der Waals surface area contributed by atoms with Crippen molar-refractivity contribution in [1.29, 1.82) is 0 Å². The van der Waals surface area contributed by atoms with Crippen LogP contribution in [0.5, 0.6) is 34.5 Å². The van der Waals surface area contributed by atoms with Crippen molar-refractivity contribution >= 4 is 89.4 Å². The third kappa shape index (κ3) is 24.7. The highest BCUT2D eigenvalue weighted by Crippen LogP contribution is 2.24. The predicted octanol–water partition coefficient (Wildman–Crippen LogP) is 13.6. The van der Waals surface area contributed by atoms with Crippen molar-refractivity contribution in [2.24, 2.45) is 0 Å². The van der Waals surface area contributed by atoms with E-state index in [1.165, 1.54) is 51.3 Å². The van der Waals surface area contributed by atoms with Crippen LogP contribution in [0.2, 0.25) is 0 Å². The van der Waals surface area contributed by atoms with Gasteiger partial charge in [-0.1, -0.05) is 191 Å². The van der Waals surface area contributed by atoms with Gasteiger partial charge >= 0.3 is 0 Å². The maximum Gasteiger partial charge on any atom is 0.123 e. The van der Waals surface area contributed by atoms with Gasteiger partial charge in [0.2, 0.25) is 0 Å². The Morgan fingerprint density at radius 1 is 0.333 bits per heavy atom. The van der Waals surface area contributed by atoms with Gasteiger partial charge in [-0.2, -0.15) is 0 Å². The smallest absolute Gasteiger partial charge is 0.123 e. The molecule has 0 heterocycles. The van der Waals surface area contributed by atoms with Crippen molar-refractivity contribution in [3.05, 3.63) is 230 Å². The van der Waals surface area contributed by atoms with Crippen LogP contribution in [0.4, 0.5) is 0 Å². The minimum absolute atomic E-state index is 0.169. The van der Waals surface area contributed by atoms with Crippen molar-refractivity contribution in [1.82, 2.24) is 0 Å². The van der Waals surface area contributed by atoms with Crippen molar-refractivity contribution in [2.75, 3.05) is 4.93 Å². The van der Waals surface area contributed by atoms with Crippen LogP contribution >= 0.6 is 68.2 Å². The fourth-order valence-corrected chi connectivity index (χ4v) is 7.35. The van der Waals surface area contributed by atoms with Gasteiger partial charge in [-0.3, -0.25) is 0 Å². The van der Waals surface area contributed by atoms with E-state index in [1.807, 2.05) is 126 Å². The molecule has 8 aromatic rings. The normalized spacial score (nSPS) is 10.2. The van der Waals surface area contributed by atoms with Crippen molar-refractivity contribution in [3.8, 4) is 34.5 Å². The Kier molecular flexibility index (Phi) is 27.5. The number of hydrogen-bond donors (Lipinski definition) is 3. The SMILES string of the molecule is CI.Cc1ccc(OPc2ccccc2)cc1.Cc1ccc(OPc2ccccc2)cc1.ClPc1ccccc1.Oc1ccc(O)cc1.Oc1ccc(OPc2ccccc2)cc1. The number of rotatable bonds is 10. The van der Waals surface area contributed by atoms with E-state index in [-0.39, 0.29) is 17.2 Å². The van der Waals surface area contributed by atoms with Gasteiger partial charge < -0.3 is 28.9 Å². The molecule has 0 saturated heterocycles. The largest absolute Gasteiger partial charge is 0.508 e. The van der Waals surface area contributed by atoms with Crippen LogP contribution in [0.3, 0.4) is 0 Å². The second kappa shape index (κ2) is 32.9. The molecule has 326 valence electrons. The second-order valence-electron chi connectivity index (χ2n) is 12.8. The van der Waals surface area contributed by atoms with Crippen LogP contribution in [-0.2, 0) is 0 Å². The summed E-state index contributed by atoms with van der Waals surface area (Å²) in [5, 5.41) is 31.2. The number of phenols is 3. The van der Waals surface area contributed by atoms with Gasteiger partial charge in [0.25, 0.3) is 0 Å². The molecule has 8 rings (SSSR count). The van der Waals surface area contributed by atoms with E-state index in [0.29, 0.717) is 34.4 Å². The first-order chi connectivity index (χ1) is 30.7. The molecule has 0 aliphatic rings. The highest BCUT2D eigenvalue weighted by molar-refractivity contribution is 14.1. The quantitative estimate of drug-likeness (QED) is 0.0547. The van der Waals surface area contributed by atoms with Gasteiger partial charge in [0.15, 0.2) is 0 Å². The Morgan fingerprint density at radius 3 is 0.794 bits per heavy atom. The summed E-state index contributed by atoms with van der Waals surface area (Å²) in [6, 6.07) is 69.2. The lowest BCUT2D eigenvalue weighted by Crippen LogP contribution is -1.94. The lowest BCUT2D eigenvalue weighted by Gasteiger charge is -2.05. The van der Waals surface area contributed by atoms with E-state index in [9.17, 15) is 0 Å². The molecule has 0 radical (unpaired) electrons. The number of alkyl halides is 1. The second-order valence-corrected chi connectivity index (χ2v) is 17.1. The van der Waals surface area contributed by atoms with Gasteiger partial charge in [0.05, 0.1) is 0 Å². The molecule has 0 fully saturated rings. The van der Waals surface area contributed by atoms with Crippen LogP contribution in [0.25, 0.3) is 0 Å². The van der Waals surface area contributed by atoms with Gasteiger partial charge in [-0.05, 0) is 96.9 Å². The van der Waals surface area contributed by atoms with Gasteiger partial charge in [0, 0.05) is 23.8 Å². The molecule has 0 spiro atoms. The fourth-order valence-electron chi connectivity index (χ4n) is 4.55. The molecule has 0 aliphatic carbocycles. The van der Waals surface area contributed by atoms with E-state index < -0.39 is 0 Å². The fraction of sp³-hybridized carbons (Fsp3) is 0.0588. The summed E-state index contributed by atoms with van der Waals surface area (Å²) in [6.07, 6.45) is 0. The number of aryl methyl sites for hydroxylation is 2. The van der Waals surface area contributed by atoms with Crippen LogP contribution in [-0.4, -0.2) is 20.3 Å². The number of aromatic hydroxyl groups is 3. The Labute approximate surface area is 398 Å². The summed E-state index contributed by atoms with van der Waals surface area (Å²) in [5.74, 6) is 3.23. The highest BCUT2D eigenvalue weighted by atomic mass is 127. The lowest BCUT2D eigenvalue weighted by atomic mass is 10.2. The molecule has 0 aromatic heterocycles. The minimum Gasteiger partial charge on any atom is -0.508 e. The summed E-state index contributed by atoms with van der Waals surface area (Å²) in [4.78, 5) is 1.97. The Bertz CT molecular complexity index is 2090. The molecule has 0 aliphatic heterocycles. The molecule has 3 N–H and O–H groups in total. The molecule has 0 saturated carbocycles. The van der Waals surface area contributed by atoms with E-state index >= 15 is 0 Å². The first-order valence-corrected chi connectivity index (χ1v) is 26.3. The van der Waals surface area contributed by atoms with E-state index in [1.54, 1.807) is 24.3 Å². The Balaban J connectivity index is 0.000000212. The lowest BCUT2D eigenvalue weighted by molar-refractivity contribution is 0.460. The predicted molar refractivity (Wildman–Crippen MR) is 285 cm³/mol. The van der Waals surface area contributed by atoms with E-state index in [2.05, 4.69) is 85.0 Å². The molecule has 8 aromatic carbocycles. The molecular weight excluding hydrogens is 995 g/mol. The summed E-state index contributed by atoms with van der Waals surface area (Å²) >= 11 is 7.70. The molecule has 6 nitrogen and oxygen atoms in total. The van der Waals surface area contributed by atoms with E-state index in [0.717, 1.165) is 22.6 Å². The van der Waals surface area contributed by atoms with Crippen molar-refractivity contribution in [2.45, 2.75) is 13.8 Å². The zero-order chi connectivity index (χ0) is 45.3. The average Bonchev–Trinajstić information content (AvgIpc) is 3.35. The third-order valence-corrected chi connectivity index (χ3v) is 11.7. The molecule has 12 heteroatoms. The standard InChI is InChI=1S/2C13H13OP.C12H11O2P.C6H6ClP.C6H6O2.CH3I/c2*1-11-7-9-12(10-8-11)14-15-13-5-3-2-4-6-13;13-10-6-8-11(9-7-10)14-15-12-4-2-1-3-5-12;7-8-6-4-2-1-3-5-6;7-5-1-2-6(8)4-3-5;1-2/h2*2-10,15H,1H3;1-9,13,15H;1-5,8H;1-4,7-8H;1H3. The van der Waals surface area contributed by atoms with Crippen LogP contribution in [0.1, 0.15) is 11.1 Å². The summed E-state index contributed by atoms with van der Waals surface area (Å²) in [7, 11) is 1.46. The highest BCUT2D eigenvalue weighted by Gasteiger charge is 1.98. The molecule has 4 unspecified atom stereocenters. The molecule has 63 heavy (non-hydrogen) atoms. The zero-order valence-electron chi connectivity index (χ0n) is 35.1. The van der Waals surface area contributed by atoms with E-state index in [4.69, 9.17) is 40.1 Å². The Morgan fingerprint density at radius 2 is 0.556 bits per heavy atom. The zero-order valence-corrected chi connectivity index (χ0v) is 42.0. The van der Waals surface area contributed by atoms with Gasteiger partial charge in [-0.25, -0.2) is 0 Å². The monoisotopic (exact) mass is 1050 g/mol. The number of benzene rings is 8. The van der Waals surface area contributed by atoms with Gasteiger partial charge in [0.1, 0.15) is 60.9 Å². The summed E-state index contributed by atoms with van der Waals surface area (Å²) in [6.45, 7) is 4.15. The maximum atomic E-state index is 9.09. The number of halogens is 2. The maximum absolute atomic E-state index is 9.09. The summed E-state index contributed by atoms with van der Waals surface area (Å²) in [5.41, 5.74) is 2.51. The summed E-state index contributed by atoms with van der Waals surface area (Å²) < 4.78 is 16.9. The topological polar surface area (TPSA) is 88.4 Å². The first-order valence-electron chi connectivity index (χ1n) is 19.4. The molecular formula is C51H52ClIO6P4. The Hall–Kier alpha value is -4.70. The molecule has 0 amide bonds. The van der Waals surface area contributed by atoms with Crippen LogP contribution in [0.15, 0.2) is 218 Å². The van der Waals surface area contributed by atoms with Gasteiger partial charge in [-0.15, -0.1) is 0 Å². The molecule has 0 bridgehead atoms. The number of phenolic OH excluding ortho intramolecular Hbond substituents is 3. The molecule has 4 atom stereocenters. The van der Waals surface area contributed by atoms with Crippen LogP contribution < -0.4 is 34.8 Å². The first kappa shape index (κ1) is 52.6. The third-order valence-electron chi connectivity index (χ3n) is 7.79. The van der Waals surface area contributed by atoms with Crippen molar-refractivity contribution < 1.29 is 28.9 Å². The average molecular weight is 1050 g/mol.